The number of methoxy groups -OCH3 is 1. The second-order valence-corrected chi connectivity index (χ2v) is 8.93. The Balaban J connectivity index is 1.75. The first kappa shape index (κ1) is 24.4. The average molecular weight is 450 g/mol. The van der Waals surface area contributed by atoms with Crippen molar-refractivity contribution in [2.45, 2.75) is 52.7 Å². The molecule has 1 atom stereocenters. The molecule has 1 aromatic heterocycles. The molecule has 176 valence electrons. The molecule has 3 aromatic rings. The van der Waals surface area contributed by atoms with Gasteiger partial charge in [-0.2, -0.15) is 0 Å². The molecule has 0 fully saturated rings. The smallest absolute Gasteiger partial charge is 0.289 e. The molecule has 0 saturated heterocycles. The van der Waals surface area contributed by atoms with E-state index in [1.165, 1.54) is 11.8 Å². The summed E-state index contributed by atoms with van der Waals surface area (Å²) in [5.41, 5.74) is 2.31. The van der Waals surface area contributed by atoms with E-state index in [-0.39, 0.29) is 12.0 Å². The van der Waals surface area contributed by atoms with Crippen LogP contribution in [0.25, 0.3) is 0 Å². The summed E-state index contributed by atoms with van der Waals surface area (Å²) < 4.78 is 16.5. The number of hydrogen-bond acceptors (Lipinski definition) is 4. The lowest BCUT2D eigenvalue weighted by Crippen LogP contribution is -2.32. The molecule has 0 aliphatic carbocycles. The van der Waals surface area contributed by atoms with Gasteiger partial charge < -0.3 is 18.8 Å². The van der Waals surface area contributed by atoms with E-state index in [9.17, 15) is 4.79 Å². The quantitative estimate of drug-likeness (QED) is 0.333. The molecule has 3 rings (SSSR count). The predicted octanol–water partition coefficient (Wildman–Crippen LogP) is 6.55. The number of hydrogen-bond donors (Lipinski definition) is 0. The minimum atomic E-state index is -0.0981. The summed E-state index contributed by atoms with van der Waals surface area (Å²) >= 11 is 0. The van der Waals surface area contributed by atoms with Gasteiger partial charge in [-0.25, -0.2) is 0 Å². The van der Waals surface area contributed by atoms with Crippen LogP contribution in [-0.4, -0.2) is 30.6 Å². The minimum Gasteiger partial charge on any atom is -0.497 e. The third-order valence-corrected chi connectivity index (χ3v) is 5.75. The van der Waals surface area contributed by atoms with E-state index in [1.54, 1.807) is 19.2 Å². The van der Waals surface area contributed by atoms with Crippen LogP contribution in [0.5, 0.6) is 11.5 Å². The molecular weight excluding hydrogens is 414 g/mol. The molecule has 5 nitrogen and oxygen atoms in total. The van der Waals surface area contributed by atoms with Gasteiger partial charge in [-0.3, -0.25) is 4.79 Å². The Bertz CT molecular complexity index is 976. The molecule has 33 heavy (non-hydrogen) atoms. The summed E-state index contributed by atoms with van der Waals surface area (Å²) in [6.07, 6.45) is 2.54. The molecule has 1 heterocycles. The maximum Gasteiger partial charge on any atom is 0.289 e. The molecule has 0 aliphatic heterocycles. The molecule has 0 saturated carbocycles. The fourth-order valence-corrected chi connectivity index (χ4v) is 4.01. The second kappa shape index (κ2) is 11.6. The van der Waals surface area contributed by atoms with Gasteiger partial charge in [0.25, 0.3) is 5.91 Å². The van der Waals surface area contributed by atoms with E-state index in [4.69, 9.17) is 13.9 Å². The standard InChI is InChI=1S/C28H35NO4/c1-20(2)26(23-10-14-25(15-11-23)33-21(3)4)16-17-29(28(30)27-7-6-18-32-27)19-22-8-12-24(31-5)13-9-22/h6-15,18,20-21,26H,16-17,19H2,1-5H3. The summed E-state index contributed by atoms with van der Waals surface area (Å²) in [5.74, 6) is 2.70. The van der Waals surface area contributed by atoms with Gasteiger partial charge in [0, 0.05) is 13.1 Å². The van der Waals surface area contributed by atoms with Crippen molar-refractivity contribution in [2.75, 3.05) is 13.7 Å². The molecule has 1 amide bonds. The highest BCUT2D eigenvalue weighted by molar-refractivity contribution is 5.91. The molecule has 0 aliphatic rings. The van der Waals surface area contributed by atoms with E-state index < -0.39 is 0 Å². The van der Waals surface area contributed by atoms with Crippen LogP contribution in [0.3, 0.4) is 0 Å². The van der Waals surface area contributed by atoms with Crippen molar-refractivity contribution in [3.63, 3.8) is 0 Å². The van der Waals surface area contributed by atoms with Crippen molar-refractivity contribution < 1.29 is 18.7 Å². The third kappa shape index (κ3) is 6.88. The Morgan fingerprint density at radius 2 is 1.61 bits per heavy atom. The lowest BCUT2D eigenvalue weighted by molar-refractivity contribution is 0.0702. The zero-order valence-electron chi connectivity index (χ0n) is 20.3. The third-order valence-electron chi connectivity index (χ3n) is 5.75. The van der Waals surface area contributed by atoms with E-state index in [0.717, 1.165) is 23.5 Å². The Hall–Kier alpha value is -3.21. The largest absolute Gasteiger partial charge is 0.497 e. The van der Waals surface area contributed by atoms with Gasteiger partial charge in [-0.1, -0.05) is 38.1 Å². The van der Waals surface area contributed by atoms with Gasteiger partial charge in [0.2, 0.25) is 0 Å². The maximum atomic E-state index is 13.2. The van der Waals surface area contributed by atoms with Crippen LogP contribution >= 0.6 is 0 Å². The van der Waals surface area contributed by atoms with Crippen molar-refractivity contribution in [1.82, 2.24) is 4.90 Å². The Kier molecular flexibility index (Phi) is 8.58. The highest BCUT2D eigenvalue weighted by atomic mass is 16.5. The minimum absolute atomic E-state index is 0.0981. The monoisotopic (exact) mass is 449 g/mol. The fraction of sp³-hybridized carbons (Fsp3) is 0.393. The van der Waals surface area contributed by atoms with Gasteiger partial charge in [-0.15, -0.1) is 0 Å². The highest BCUT2D eigenvalue weighted by Crippen LogP contribution is 2.30. The molecule has 0 radical (unpaired) electrons. The van der Waals surface area contributed by atoms with E-state index in [1.807, 2.05) is 55.1 Å². The lowest BCUT2D eigenvalue weighted by Gasteiger charge is -2.27. The van der Waals surface area contributed by atoms with Crippen molar-refractivity contribution >= 4 is 5.91 Å². The van der Waals surface area contributed by atoms with Crippen LogP contribution < -0.4 is 9.47 Å². The number of carbonyl (C=O) groups excluding carboxylic acids is 1. The maximum absolute atomic E-state index is 13.2. The van der Waals surface area contributed by atoms with E-state index >= 15 is 0 Å². The first-order valence-electron chi connectivity index (χ1n) is 11.6. The average Bonchev–Trinajstić information content (AvgIpc) is 3.34. The Morgan fingerprint density at radius 1 is 0.939 bits per heavy atom. The molecule has 2 aromatic carbocycles. The molecule has 1 unspecified atom stereocenters. The molecule has 5 heteroatoms. The topological polar surface area (TPSA) is 51.9 Å². The predicted molar refractivity (Wildman–Crippen MR) is 131 cm³/mol. The summed E-state index contributed by atoms with van der Waals surface area (Å²) in [7, 11) is 1.65. The van der Waals surface area contributed by atoms with Gasteiger partial charge in [0.1, 0.15) is 11.5 Å². The van der Waals surface area contributed by atoms with Crippen molar-refractivity contribution in [1.29, 1.82) is 0 Å². The summed E-state index contributed by atoms with van der Waals surface area (Å²) in [6.45, 7) is 9.64. The summed E-state index contributed by atoms with van der Waals surface area (Å²) in [5, 5.41) is 0. The number of rotatable bonds is 11. The van der Waals surface area contributed by atoms with Crippen molar-refractivity contribution in [2.24, 2.45) is 5.92 Å². The highest BCUT2D eigenvalue weighted by Gasteiger charge is 2.22. The Labute approximate surface area is 197 Å². The Morgan fingerprint density at radius 3 is 2.15 bits per heavy atom. The zero-order valence-corrected chi connectivity index (χ0v) is 20.3. The van der Waals surface area contributed by atoms with Crippen molar-refractivity contribution in [3.8, 4) is 11.5 Å². The zero-order chi connectivity index (χ0) is 23.8. The van der Waals surface area contributed by atoms with Gasteiger partial charge in [0.05, 0.1) is 19.5 Å². The second-order valence-electron chi connectivity index (χ2n) is 8.93. The number of carbonyl (C=O) groups is 1. The first-order valence-corrected chi connectivity index (χ1v) is 11.6. The first-order chi connectivity index (χ1) is 15.9. The number of nitrogens with zero attached hydrogens (tertiary/aromatic N) is 1. The SMILES string of the molecule is COc1ccc(CN(CCC(c2ccc(OC(C)C)cc2)C(C)C)C(=O)c2ccco2)cc1. The van der Waals surface area contributed by atoms with Crippen LogP contribution in [0.15, 0.2) is 71.3 Å². The summed E-state index contributed by atoms with van der Waals surface area (Å²) in [4.78, 5) is 15.1. The molecular formula is C28H35NO4. The van der Waals surface area contributed by atoms with Crippen LogP contribution in [-0.2, 0) is 6.54 Å². The van der Waals surface area contributed by atoms with Gasteiger partial charge >= 0.3 is 0 Å². The number of ether oxygens (including phenoxy) is 2. The van der Waals surface area contributed by atoms with Gasteiger partial charge in [-0.05, 0) is 79.6 Å². The van der Waals surface area contributed by atoms with E-state index in [0.29, 0.717) is 30.7 Å². The molecule has 0 bridgehead atoms. The fourth-order valence-electron chi connectivity index (χ4n) is 4.01. The molecule has 0 N–H and O–H groups in total. The van der Waals surface area contributed by atoms with Crippen molar-refractivity contribution in [3.05, 3.63) is 83.8 Å². The van der Waals surface area contributed by atoms with E-state index in [2.05, 4.69) is 26.0 Å². The summed E-state index contributed by atoms with van der Waals surface area (Å²) in [6, 6.07) is 19.7. The molecule has 0 spiro atoms. The lowest BCUT2D eigenvalue weighted by atomic mass is 9.85. The number of furan rings is 1. The van der Waals surface area contributed by atoms with Crippen LogP contribution in [0.4, 0.5) is 0 Å². The van der Waals surface area contributed by atoms with Gasteiger partial charge in [0.15, 0.2) is 5.76 Å². The number of amides is 1. The van der Waals surface area contributed by atoms with Crippen LogP contribution in [0.2, 0.25) is 0 Å². The normalized spacial score (nSPS) is 12.1. The van der Waals surface area contributed by atoms with Crippen LogP contribution in [0, 0.1) is 5.92 Å². The van der Waals surface area contributed by atoms with Crippen LogP contribution in [0.1, 0.15) is 61.7 Å². The number of benzene rings is 2.